The topological polar surface area (TPSA) is 46.5 Å². The van der Waals surface area contributed by atoms with E-state index in [9.17, 15) is 4.79 Å². The van der Waals surface area contributed by atoms with Gasteiger partial charge in [-0.3, -0.25) is 4.79 Å². The highest BCUT2D eigenvalue weighted by atomic mass is 16.5. The minimum Gasteiger partial charge on any atom is -0.481 e. The molecule has 0 aliphatic carbocycles. The third kappa shape index (κ3) is 18.9. The van der Waals surface area contributed by atoms with E-state index in [1.54, 1.807) is 0 Å². The van der Waals surface area contributed by atoms with Crippen LogP contribution in [0.2, 0.25) is 0 Å². The average molecular weight is 310 g/mol. The predicted molar refractivity (Wildman–Crippen MR) is 92.2 cm³/mol. The van der Waals surface area contributed by atoms with Crippen molar-refractivity contribution in [1.29, 1.82) is 0 Å². The van der Waals surface area contributed by atoms with Gasteiger partial charge in [0.2, 0.25) is 0 Å². The molecule has 0 amide bonds. The molecule has 0 unspecified atom stereocenters. The third-order valence-corrected chi connectivity index (χ3v) is 3.56. The Labute approximate surface area is 136 Å². The van der Waals surface area contributed by atoms with Crippen molar-refractivity contribution >= 4 is 5.97 Å². The summed E-state index contributed by atoms with van der Waals surface area (Å²) in [6.07, 6.45) is 17.6. The van der Waals surface area contributed by atoms with Crippen molar-refractivity contribution in [1.82, 2.24) is 0 Å². The second-order valence-corrected chi connectivity index (χ2v) is 5.76. The van der Waals surface area contributed by atoms with Crippen LogP contribution in [-0.2, 0) is 9.53 Å². The fraction of sp³-hybridized carbons (Fsp3) is 0.789. The monoisotopic (exact) mass is 310 g/mol. The van der Waals surface area contributed by atoms with Gasteiger partial charge in [-0.25, -0.2) is 0 Å². The highest BCUT2D eigenvalue weighted by Crippen LogP contribution is 2.10. The first-order chi connectivity index (χ1) is 10.8. The van der Waals surface area contributed by atoms with E-state index in [0.717, 1.165) is 19.4 Å². The standard InChI is InChI=1S/C19H34O3/c1-2-3-4-5-6-7-8-9-11-14-17-22-18-15-12-10-13-16-19(20)21/h12-13H,2-9,11,14-18H2,1H3,(H,20,21). The van der Waals surface area contributed by atoms with E-state index < -0.39 is 5.97 Å². The molecular weight excluding hydrogens is 276 g/mol. The van der Waals surface area contributed by atoms with Gasteiger partial charge in [-0.05, 0) is 25.0 Å². The molecule has 22 heavy (non-hydrogen) atoms. The molecule has 0 atom stereocenters. The van der Waals surface area contributed by atoms with E-state index >= 15 is 0 Å². The lowest BCUT2D eigenvalue weighted by Crippen LogP contribution is -1.95. The molecule has 3 heteroatoms. The van der Waals surface area contributed by atoms with E-state index in [2.05, 4.69) is 12.7 Å². The molecule has 0 spiro atoms. The maximum absolute atomic E-state index is 10.2. The molecule has 0 saturated carbocycles. The second-order valence-electron chi connectivity index (χ2n) is 5.76. The van der Waals surface area contributed by atoms with E-state index in [4.69, 9.17) is 9.84 Å². The van der Waals surface area contributed by atoms with E-state index in [0.29, 0.717) is 6.61 Å². The van der Waals surface area contributed by atoms with E-state index in [-0.39, 0.29) is 6.42 Å². The molecule has 0 aliphatic heterocycles. The van der Waals surface area contributed by atoms with Crippen molar-refractivity contribution in [2.75, 3.05) is 13.2 Å². The van der Waals surface area contributed by atoms with Crippen LogP contribution in [0.25, 0.3) is 0 Å². The van der Waals surface area contributed by atoms with Crippen molar-refractivity contribution < 1.29 is 14.6 Å². The van der Waals surface area contributed by atoms with Gasteiger partial charge in [-0.2, -0.15) is 0 Å². The summed E-state index contributed by atoms with van der Waals surface area (Å²) in [5, 5.41) is 8.43. The van der Waals surface area contributed by atoms with Crippen molar-refractivity contribution in [2.24, 2.45) is 0 Å². The van der Waals surface area contributed by atoms with Crippen LogP contribution in [0.5, 0.6) is 0 Å². The van der Waals surface area contributed by atoms with Gasteiger partial charge in [0.25, 0.3) is 0 Å². The summed E-state index contributed by atoms with van der Waals surface area (Å²) in [5.74, 6) is -0.821. The molecule has 0 bridgehead atoms. The zero-order chi connectivity index (χ0) is 16.3. The third-order valence-electron chi connectivity index (χ3n) is 3.56. The fourth-order valence-corrected chi connectivity index (χ4v) is 2.25. The summed E-state index contributed by atoms with van der Waals surface area (Å²) in [5.41, 5.74) is 2.85. The van der Waals surface area contributed by atoms with Crippen molar-refractivity contribution in [3.63, 3.8) is 0 Å². The van der Waals surface area contributed by atoms with Gasteiger partial charge < -0.3 is 9.84 Å². The number of ether oxygens (including phenoxy) is 1. The minimum absolute atomic E-state index is 0.0377. The van der Waals surface area contributed by atoms with Gasteiger partial charge >= 0.3 is 5.97 Å². The molecule has 0 aromatic carbocycles. The summed E-state index contributed by atoms with van der Waals surface area (Å²) >= 11 is 0. The first-order valence-corrected chi connectivity index (χ1v) is 8.96. The zero-order valence-electron chi connectivity index (χ0n) is 14.3. The molecule has 0 heterocycles. The molecule has 0 fully saturated rings. The molecule has 128 valence electrons. The lowest BCUT2D eigenvalue weighted by atomic mass is 10.1. The van der Waals surface area contributed by atoms with Crippen LogP contribution in [0.1, 0.15) is 84.0 Å². The lowest BCUT2D eigenvalue weighted by Gasteiger charge is -2.03. The highest BCUT2D eigenvalue weighted by Gasteiger charge is 1.93. The van der Waals surface area contributed by atoms with Crippen molar-refractivity contribution in [2.45, 2.75) is 84.0 Å². The van der Waals surface area contributed by atoms with E-state index in [1.807, 2.05) is 6.08 Å². The molecule has 1 N–H and O–H groups in total. The molecule has 0 aromatic rings. The Morgan fingerprint density at radius 1 is 0.909 bits per heavy atom. The normalized spacial score (nSPS) is 10.2. The van der Waals surface area contributed by atoms with Crippen LogP contribution in [0.3, 0.4) is 0 Å². The van der Waals surface area contributed by atoms with Gasteiger partial charge in [0.15, 0.2) is 0 Å². The van der Waals surface area contributed by atoms with Crippen LogP contribution in [0.4, 0.5) is 0 Å². The number of rotatable bonds is 16. The fourth-order valence-electron chi connectivity index (χ4n) is 2.25. The molecule has 0 rings (SSSR count). The molecule has 0 aliphatic rings. The molecule has 0 saturated heterocycles. The van der Waals surface area contributed by atoms with Crippen molar-refractivity contribution in [3.8, 4) is 0 Å². The highest BCUT2D eigenvalue weighted by molar-refractivity contribution is 5.68. The molecule has 3 nitrogen and oxygen atoms in total. The van der Waals surface area contributed by atoms with Gasteiger partial charge in [0.05, 0.1) is 13.0 Å². The first-order valence-electron chi connectivity index (χ1n) is 8.96. The Balaban J connectivity index is 3.11. The summed E-state index contributed by atoms with van der Waals surface area (Å²) in [6, 6.07) is 0. The molecular formula is C19H34O3. The Hall–Kier alpha value is -1.05. The SMILES string of the molecule is CCCCCCCCCCCCOCCC=C=CCC(=O)O. The summed E-state index contributed by atoms with van der Waals surface area (Å²) in [7, 11) is 0. The largest absolute Gasteiger partial charge is 0.481 e. The summed E-state index contributed by atoms with van der Waals surface area (Å²) in [4.78, 5) is 10.2. The van der Waals surface area contributed by atoms with Crippen LogP contribution in [0.15, 0.2) is 17.9 Å². The number of aliphatic carboxylic acids is 1. The van der Waals surface area contributed by atoms with Crippen LogP contribution < -0.4 is 0 Å². The number of carbonyl (C=O) groups is 1. The van der Waals surface area contributed by atoms with Crippen LogP contribution >= 0.6 is 0 Å². The van der Waals surface area contributed by atoms with Gasteiger partial charge in [-0.15, -0.1) is 5.73 Å². The summed E-state index contributed by atoms with van der Waals surface area (Å²) < 4.78 is 5.53. The Bertz CT molecular complexity index is 304. The smallest absolute Gasteiger partial charge is 0.307 e. The summed E-state index contributed by atoms with van der Waals surface area (Å²) in [6.45, 7) is 3.79. The molecule has 0 radical (unpaired) electrons. The first kappa shape index (κ1) is 20.9. The Kier molecular flexibility index (Phi) is 17.1. The van der Waals surface area contributed by atoms with E-state index in [1.165, 1.54) is 63.9 Å². The minimum atomic E-state index is -0.821. The van der Waals surface area contributed by atoms with Crippen LogP contribution in [-0.4, -0.2) is 24.3 Å². The maximum Gasteiger partial charge on any atom is 0.307 e. The second kappa shape index (κ2) is 18.0. The number of hydrogen-bond donors (Lipinski definition) is 1. The number of carboxylic acids is 1. The zero-order valence-corrected chi connectivity index (χ0v) is 14.3. The van der Waals surface area contributed by atoms with Crippen molar-refractivity contribution in [3.05, 3.63) is 17.9 Å². The number of unbranched alkanes of at least 4 members (excludes halogenated alkanes) is 9. The molecule has 0 aromatic heterocycles. The Morgan fingerprint density at radius 3 is 2.09 bits per heavy atom. The van der Waals surface area contributed by atoms with Crippen LogP contribution in [0, 0.1) is 0 Å². The number of hydrogen-bond acceptors (Lipinski definition) is 2. The predicted octanol–water partition coefficient (Wildman–Crippen LogP) is 5.50. The van der Waals surface area contributed by atoms with Gasteiger partial charge in [0.1, 0.15) is 0 Å². The van der Waals surface area contributed by atoms with Gasteiger partial charge in [-0.1, -0.05) is 64.7 Å². The number of carboxylic acid groups (broad SMARTS) is 1. The maximum atomic E-state index is 10.2. The average Bonchev–Trinajstić information content (AvgIpc) is 2.50. The lowest BCUT2D eigenvalue weighted by molar-refractivity contribution is -0.135. The quantitative estimate of drug-likeness (QED) is 0.302. The Morgan fingerprint density at radius 2 is 1.50 bits per heavy atom. The van der Waals surface area contributed by atoms with Gasteiger partial charge in [0, 0.05) is 6.61 Å².